The Morgan fingerprint density at radius 3 is 2.76 bits per heavy atom. The lowest BCUT2D eigenvalue weighted by Crippen LogP contribution is -2.28. The Hall–Kier alpha value is -2.30. The summed E-state index contributed by atoms with van der Waals surface area (Å²) in [6.45, 7) is 0. The average Bonchev–Trinajstić information content (AvgIpc) is 2.34. The monoisotopic (exact) mass is 232 g/mol. The van der Waals surface area contributed by atoms with Gasteiger partial charge in [0.05, 0.1) is 12.7 Å². The number of rotatable bonds is 2. The molecule has 0 atom stereocenters. The van der Waals surface area contributed by atoms with Gasteiger partial charge >= 0.3 is 5.69 Å². The Kier molecular flexibility index (Phi) is 2.82. The Morgan fingerprint density at radius 2 is 2.06 bits per heavy atom. The maximum atomic E-state index is 11.7. The zero-order valence-electron chi connectivity index (χ0n) is 9.56. The quantitative estimate of drug-likeness (QED) is 0.831. The molecule has 5 heteroatoms. The molecule has 17 heavy (non-hydrogen) atoms. The predicted molar refractivity (Wildman–Crippen MR) is 64.3 cm³/mol. The molecular weight excluding hydrogens is 220 g/mol. The normalized spacial score (nSPS) is 10.2. The summed E-state index contributed by atoms with van der Waals surface area (Å²) < 4.78 is 6.42. The van der Waals surface area contributed by atoms with Crippen LogP contribution in [0.4, 0.5) is 0 Å². The molecule has 0 radical (unpaired) electrons. The lowest BCUT2D eigenvalue weighted by Gasteiger charge is -2.05. The second kappa shape index (κ2) is 4.29. The van der Waals surface area contributed by atoms with Crippen LogP contribution in [0.1, 0.15) is 0 Å². The van der Waals surface area contributed by atoms with E-state index in [9.17, 15) is 9.59 Å². The topological polar surface area (TPSA) is 64.1 Å². The van der Waals surface area contributed by atoms with Gasteiger partial charge in [-0.05, 0) is 17.7 Å². The Labute approximate surface area is 97.3 Å². The highest BCUT2D eigenvalue weighted by atomic mass is 16.5. The molecule has 0 unspecified atom stereocenters. The van der Waals surface area contributed by atoms with Gasteiger partial charge in [-0.1, -0.05) is 12.1 Å². The van der Waals surface area contributed by atoms with Crippen molar-refractivity contribution in [2.75, 3.05) is 7.11 Å². The second-order valence-corrected chi connectivity index (χ2v) is 3.64. The van der Waals surface area contributed by atoms with E-state index in [0.717, 1.165) is 0 Å². The molecule has 1 N–H and O–H groups in total. The highest BCUT2D eigenvalue weighted by Crippen LogP contribution is 2.20. The molecule has 2 rings (SSSR count). The molecule has 0 saturated carbocycles. The van der Waals surface area contributed by atoms with Gasteiger partial charge in [0.25, 0.3) is 5.56 Å². The fourth-order valence-corrected chi connectivity index (χ4v) is 1.56. The number of hydrogen-bond donors (Lipinski definition) is 1. The van der Waals surface area contributed by atoms with Crippen molar-refractivity contribution in [3.8, 4) is 16.9 Å². The van der Waals surface area contributed by atoms with Gasteiger partial charge in [-0.15, -0.1) is 0 Å². The Bertz CT molecular complexity index is 655. The van der Waals surface area contributed by atoms with Crippen LogP contribution >= 0.6 is 0 Å². The summed E-state index contributed by atoms with van der Waals surface area (Å²) in [5.41, 5.74) is 0.315. The summed E-state index contributed by atoms with van der Waals surface area (Å²) >= 11 is 0. The molecule has 5 nitrogen and oxygen atoms in total. The van der Waals surface area contributed by atoms with Crippen LogP contribution in [0.5, 0.6) is 5.75 Å². The highest BCUT2D eigenvalue weighted by Gasteiger charge is 2.06. The molecule has 0 saturated heterocycles. The number of nitrogens with one attached hydrogen (secondary N) is 1. The van der Waals surface area contributed by atoms with Crippen molar-refractivity contribution >= 4 is 0 Å². The van der Waals surface area contributed by atoms with Gasteiger partial charge in [-0.25, -0.2) is 4.79 Å². The van der Waals surface area contributed by atoms with Crippen molar-refractivity contribution in [1.29, 1.82) is 0 Å². The highest BCUT2D eigenvalue weighted by molar-refractivity contribution is 5.63. The maximum absolute atomic E-state index is 11.7. The first-order valence-corrected chi connectivity index (χ1v) is 5.06. The van der Waals surface area contributed by atoms with E-state index >= 15 is 0 Å². The van der Waals surface area contributed by atoms with Crippen molar-refractivity contribution < 1.29 is 4.74 Å². The SMILES string of the molecule is COc1cccc(-c2cn(C)c(=O)[nH]c2=O)c1. The third-order valence-electron chi connectivity index (χ3n) is 2.49. The third-order valence-corrected chi connectivity index (χ3v) is 2.49. The van der Waals surface area contributed by atoms with Crippen LogP contribution in [-0.2, 0) is 7.05 Å². The average molecular weight is 232 g/mol. The molecule has 88 valence electrons. The third kappa shape index (κ3) is 2.13. The van der Waals surface area contributed by atoms with Gasteiger partial charge in [0.1, 0.15) is 5.75 Å². The number of H-pyrrole nitrogens is 1. The molecule has 0 amide bonds. The first kappa shape index (κ1) is 11.2. The minimum Gasteiger partial charge on any atom is -0.497 e. The molecule has 2 aromatic rings. The molecular formula is C12H12N2O3. The summed E-state index contributed by atoms with van der Waals surface area (Å²) in [5, 5.41) is 0. The first-order valence-electron chi connectivity index (χ1n) is 5.06. The van der Waals surface area contributed by atoms with Crippen molar-refractivity contribution in [1.82, 2.24) is 9.55 Å². The van der Waals surface area contributed by atoms with E-state index < -0.39 is 11.2 Å². The van der Waals surface area contributed by atoms with Crippen LogP contribution in [0.15, 0.2) is 40.1 Å². The molecule has 0 aliphatic rings. The van der Waals surface area contributed by atoms with Gasteiger partial charge < -0.3 is 9.30 Å². The minimum absolute atomic E-state index is 0.402. The standard InChI is InChI=1S/C12H12N2O3/c1-14-7-10(11(15)13-12(14)16)8-4-3-5-9(6-8)17-2/h3-7H,1-2H3,(H,13,15,16). The zero-order chi connectivity index (χ0) is 12.4. The molecule has 1 aromatic heterocycles. The summed E-state index contributed by atoms with van der Waals surface area (Å²) in [6, 6.07) is 7.12. The number of aromatic nitrogens is 2. The maximum Gasteiger partial charge on any atom is 0.328 e. The number of aromatic amines is 1. The van der Waals surface area contributed by atoms with Crippen LogP contribution in [0.2, 0.25) is 0 Å². The van der Waals surface area contributed by atoms with E-state index in [0.29, 0.717) is 16.9 Å². The molecule has 0 aliphatic carbocycles. The molecule has 0 bridgehead atoms. The van der Waals surface area contributed by atoms with Crippen molar-refractivity contribution in [2.45, 2.75) is 0 Å². The Balaban J connectivity index is 2.64. The first-order chi connectivity index (χ1) is 8.11. The summed E-state index contributed by atoms with van der Waals surface area (Å²) in [7, 11) is 3.14. The van der Waals surface area contributed by atoms with E-state index in [1.807, 2.05) is 0 Å². The smallest absolute Gasteiger partial charge is 0.328 e. The van der Waals surface area contributed by atoms with Crippen LogP contribution in [0.25, 0.3) is 11.1 Å². The Morgan fingerprint density at radius 1 is 1.29 bits per heavy atom. The fourth-order valence-electron chi connectivity index (χ4n) is 1.56. The van der Waals surface area contributed by atoms with Crippen molar-refractivity contribution in [3.63, 3.8) is 0 Å². The number of aryl methyl sites for hydroxylation is 1. The number of methoxy groups -OCH3 is 1. The minimum atomic E-state index is -0.429. The number of nitrogens with zero attached hydrogens (tertiary/aromatic N) is 1. The van der Waals surface area contributed by atoms with E-state index in [-0.39, 0.29) is 0 Å². The van der Waals surface area contributed by atoms with Crippen molar-refractivity contribution in [3.05, 3.63) is 51.3 Å². The number of benzene rings is 1. The molecule has 0 aliphatic heterocycles. The van der Waals surface area contributed by atoms with Crippen LogP contribution in [0.3, 0.4) is 0 Å². The van der Waals surface area contributed by atoms with Gasteiger partial charge in [-0.3, -0.25) is 9.78 Å². The summed E-state index contributed by atoms with van der Waals surface area (Å²) in [6.07, 6.45) is 1.51. The molecule has 1 aromatic carbocycles. The van der Waals surface area contributed by atoms with Crippen LogP contribution in [0, 0.1) is 0 Å². The van der Waals surface area contributed by atoms with E-state index in [1.54, 1.807) is 38.4 Å². The van der Waals surface area contributed by atoms with Gasteiger partial charge in [0.15, 0.2) is 0 Å². The lowest BCUT2D eigenvalue weighted by atomic mass is 10.1. The molecule has 0 fully saturated rings. The van der Waals surface area contributed by atoms with Crippen LogP contribution < -0.4 is 16.0 Å². The number of hydrogen-bond acceptors (Lipinski definition) is 3. The number of ether oxygens (including phenoxy) is 1. The molecule has 1 heterocycles. The summed E-state index contributed by atoms with van der Waals surface area (Å²) in [4.78, 5) is 25.2. The van der Waals surface area contributed by atoms with Gasteiger partial charge in [0.2, 0.25) is 0 Å². The van der Waals surface area contributed by atoms with E-state index in [1.165, 1.54) is 10.8 Å². The summed E-state index contributed by atoms with van der Waals surface area (Å²) in [5.74, 6) is 0.663. The second-order valence-electron chi connectivity index (χ2n) is 3.64. The van der Waals surface area contributed by atoms with Gasteiger partial charge in [-0.2, -0.15) is 0 Å². The molecule has 0 spiro atoms. The van der Waals surface area contributed by atoms with E-state index in [2.05, 4.69) is 4.98 Å². The zero-order valence-corrected chi connectivity index (χ0v) is 9.56. The van der Waals surface area contributed by atoms with Gasteiger partial charge in [0, 0.05) is 13.2 Å². The van der Waals surface area contributed by atoms with Crippen LogP contribution in [-0.4, -0.2) is 16.7 Å². The fraction of sp³-hybridized carbons (Fsp3) is 0.167. The lowest BCUT2D eigenvalue weighted by molar-refractivity contribution is 0.415. The predicted octanol–water partition coefficient (Wildman–Crippen LogP) is 0.749. The van der Waals surface area contributed by atoms with Crippen molar-refractivity contribution in [2.24, 2.45) is 7.05 Å². The largest absolute Gasteiger partial charge is 0.497 e. The van der Waals surface area contributed by atoms with E-state index in [4.69, 9.17) is 4.74 Å².